The van der Waals surface area contributed by atoms with Gasteiger partial charge in [0.05, 0.1) is 82.6 Å². The molecule has 21 heteroatoms. The Labute approximate surface area is 449 Å². The van der Waals surface area contributed by atoms with Crippen molar-refractivity contribution in [1.82, 2.24) is 9.99 Å². The van der Waals surface area contributed by atoms with Gasteiger partial charge in [0.1, 0.15) is 34.8 Å². The van der Waals surface area contributed by atoms with Crippen LogP contribution < -0.4 is 30.5 Å². The van der Waals surface area contributed by atoms with E-state index in [2.05, 4.69) is 22.4 Å². The molecule has 20 nitrogen and oxygen atoms in total. The largest absolute Gasteiger partial charge is 0.508 e. The molecule has 0 radical (unpaired) electrons. The molecule has 418 valence electrons. The molecule has 9 rings (SSSR count). The Kier molecular flexibility index (Phi) is 16.0. The van der Waals surface area contributed by atoms with Gasteiger partial charge in [0.2, 0.25) is 5.43 Å². The molecule has 1 saturated carbocycles. The fraction of sp³-hybridized carbons (Fsp3) is 0.456. The van der Waals surface area contributed by atoms with Gasteiger partial charge in [-0.05, 0) is 45.3 Å². The average Bonchev–Trinajstić information content (AvgIpc) is 4.27. The minimum Gasteiger partial charge on any atom is -0.508 e. The maximum absolute atomic E-state index is 16.3. The second-order valence-corrected chi connectivity index (χ2v) is 21.0. The molecule has 78 heavy (non-hydrogen) atoms. The highest BCUT2D eigenvalue weighted by molar-refractivity contribution is 6.24. The molecule has 1 unspecified atom stereocenters. The number of amides is 1. The molecule has 0 spiro atoms. The Morgan fingerprint density at radius 1 is 0.987 bits per heavy atom. The van der Waals surface area contributed by atoms with Crippen molar-refractivity contribution in [1.29, 1.82) is 0 Å². The van der Waals surface area contributed by atoms with E-state index in [9.17, 15) is 49.8 Å². The molecule has 4 aliphatic heterocycles. The van der Waals surface area contributed by atoms with Crippen LogP contribution in [0.1, 0.15) is 101 Å². The first-order chi connectivity index (χ1) is 36.9. The van der Waals surface area contributed by atoms with Gasteiger partial charge in [-0.15, -0.1) is 0 Å². The van der Waals surface area contributed by atoms with Crippen molar-refractivity contribution < 1.29 is 73.1 Å². The number of carbonyl (C=O) groups excluding carboxylic acids is 3. The number of anilines is 2. The van der Waals surface area contributed by atoms with Crippen LogP contribution in [0, 0.1) is 36.4 Å². The summed E-state index contributed by atoms with van der Waals surface area (Å²) in [5.41, 5.74) is 1.95. The van der Waals surface area contributed by atoms with Gasteiger partial charge in [-0.25, -0.2) is 4.39 Å². The Morgan fingerprint density at radius 3 is 2.33 bits per heavy atom. The first kappa shape index (κ1) is 56.6. The van der Waals surface area contributed by atoms with Gasteiger partial charge in [0.15, 0.2) is 17.3 Å². The van der Waals surface area contributed by atoms with Crippen molar-refractivity contribution in [3.8, 4) is 28.7 Å². The highest BCUT2D eigenvalue weighted by Gasteiger charge is 2.50. The van der Waals surface area contributed by atoms with E-state index in [0.717, 1.165) is 31.4 Å². The number of hydrogen-bond acceptors (Lipinski definition) is 18. The van der Waals surface area contributed by atoms with E-state index in [1.54, 1.807) is 38.7 Å². The number of aliphatic hydroxyl groups excluding tert-OH is 3. The zero-order valence-electron chi connectivity index (χ0n) is 45.2. The van der Waals surface area contributed by atoms with Crippen LogP contribution in [0.3, 0.4) is 0 Å². The van der Waals surface area contributed by atoms with Crippen molar-refractivity contribution >= 4 is 62.7 Å². The Balaban J connectivity index is 1.19. The summed E-state index contributed by atoms with van der Waals surface area (Å²) >= 11 is 0. The monoisotopic (exact) mass is 1080 g/mol. The second-order valence-electron chi connectivity index (χ2n) is 21.0. The summed E-state index contributed by atoms with van der Waals surface area (Å²) in [7, 11) is 2.80. The van der Waals surface area contributed by atoms with E-state index >= 15 is 4.39 Å². The van der Waals surface area contributed by atoms with Gasteiger partial charge in [-0.2, -0.15) is 5.10 Å². The van der Waals surface area contributed by atoms with E-state index in [4.69, 9.17) is 23.7 Å². The lowest BCUT2D eigenvalue weighted by atomic mass is 9.78. The molecule has 1 aromatic heterocycles. The number of halogens is 1. The van der Waals surface area contributed by atoms with Crippen LogP contribution in [0.2, 0.25) is 0 Å². The van der Waals surface area contributed by atoms with Gasteiger partial charge in [-0.3, -0.25) is 19.2 Å². The number of phenols is 3. The Bertz CT molecular complexity index is 3290. The van der Waals surface area contributed by atoms with Gasteiger partial charge in [0.25, 0.3) is 11.7 Å². The van der Waals surface area contributed by atoms with E-state index < -0.39 is 123 Å². The van der Waals surface area contributed by atoms with Crippen LogP contribution in [-0.2, 0) is 23.8 Å². The number of ketones is 1. The topological polar surface area (TPSA) is 280 Å². The summed E-state index contributed by atoms with van der Waals surface area (Å²) in [5.74, 6) is -10.3. The molecule has 5 heterocycles. The smallest absolute Gasteiger partial charge is 0.312 e. The van der Waals surface area contributed by atoms with Crippen molar-refractivity contribution in [3.63, 3.8) is 0 Å². The normalized spacial score (nSPS) is 28.6. The number of allylic oxidation sites excluding steroid dienone is 2. The third-order valence-electron chi connectivity index (χ3n) is 15.6. The van der Waals surface area contributed by atoms with Crippen molar-refractivity contribution in [2.45, 2.75) is 117 Å². The predicted molar refractivity (Wildman–Crippen MR) is 290 cm³/mol. The van der Waals surface area contributed by atoms with E-state index in [1.807, 2.05) is 4.57 Å². The number of benzene rings is 3. The minimum absolute atomic E-state index is 0.00643. The van der Waals surface area contributed by atoms with Gasteiger partial charge in [-0.1, -0.05) is 52.5 Å². The molecule has 8 N–H and O–H groups in total. The molecule has 1 saturated heterocycles. The number of methoxy groups -OCH3 is 2. The molecule has 5 bridgehead atoms. The molecule has 1 amide bonds. The number of aromatic nitrogens is 1. The number of rotatable bonds is 9. The molecular formula is C57H68FN5O15. The number of nitrogens with zero attached hydrogens (tertiary/aromatic N) is 3. The number of esters is 1. The van der Waals surface area contributed by atoms with Crippen molar-refractivity contribution in [2.24, 2.45) is 28.8 Å². The lowest BCUT2D eigenvalue weighted by molar-refractivity contribution is -0.160. The lowest BCUT2D eigenvalue weighted by Crippen LogP contribution is -2.46. The van der Waals surface area contributed by atoms with Crippen LogP contribution in [0.4, 0.5) is 15.8 Å². The summed E-state index contributed by atoms with van der Waals surface area (Å²) in [5, 5.41) is 76.0. The molecular weight excluding hydrogens is 1010 g/mol. The van der Waals surface area contributed by atoms with Gasteiger partial charge < -0.3 is 74.5 Å². The summed E-state index contributed by atoms with van der Waals surface area (Å²) in [6, 6.07) is 0.649. The lowest BCUT2D eigenvalue weighted by Gasteiger charge is -2.38. The first-order valence-electron chi connectivity index (χ1n) is 25.8. The highest BCUT2D eigenvalue weighted by Crippen LogP contribution is 2.55. The number of hydrogen-bond donors (Lipinski definition) is 8. The molecule has 2 fully saturated rings. The summed E-state index contributed by atoms with van der Waals surface area (Å²) in [6.45, 7) is 16.3. The second kappa shape index (κ2) is 22.0. The number of carbonyl (C=O) groups is 3. The fourth-order valence-corrected chi connectivity index (χ4v) is 10.9. The summed E-state index contributed by atoms with van der Waals surface area (Å²) in [4.78, 5) is 56.4. The average molecular weight is 1080 g/mol. The maximum atomic E-state index is 16.3. The number of pyridine rings is 1. The van der Waals surface area contributed by atoms with Crippen molar-refractivity contribution in [3.05, 3.63) is 93.3 Å². The van der Waals surface area contributed by atoms with Crippen LogP contribution >= 0.6 is 0 Å². The maximum Gasteiger partial charge on any atom is 0.312 e. The number of nitrogens with one attached hydrogen (secondary N) is 2. The number of hydrazone groups is 1. The number of Topliss-reactive ketones (excluding diaryl/α,β-unsaturated/α-hetero) is 1. The number of fused-ring (bicyclic) bond motifs is 15. The van der Waals surface area contributed by atoms with E-state index in [0.29, 0.717) is 18.5 Å². The van der Waals surface area contributed by atoms with Gasteiger partial charge in [0, 0.05) is 86.5 Å². The van der Waals surface area contributed by atoms with Gasteiger partial charge >= 0.3 is 11.8 Å². The number of aliphatic hydroxyl groups is 3. The molecule has 5 aliphatic rings. The third kappa shape index (κ3) is 10.2. The first-order valence-corrected chi connectivity index (χ1v) is 25.8. The zero-order chi connectivity index (χ0) is 57.0. The highest BCUT2D eigenvalue weighted by atomic mass is 19.1. The Hall–Kier alpha value is -7.62. The summed E-state index contributed by atoms with van der Waals surface area (Å²) < 4.78 is 47.7. The minimum atomic E-state index is -2.14. The van der Waals surface area contributed by atoms with E-state index in [-0.39, 0.29) is 68.4 Å². The molecule has 10 atom stereocenters. The third-order valence-corrected chi connectivity index (χ3v) is 15.6. The molecule has 1 aliphatic carbocycles. The number of phenolic OH excluding ortho intramolecular Hbond substituents is 3. The molecule has 4 aromatic rings. The van der Waals surface area contributed by atoms with Crippen LogP contribution in [0.25, 0.3) is 27.4 Å². The van der Waals surface area contributed by atoms with Crippen LogP contribution in [0.5, 0.6) is 28.7 Å². The zero-order valence-corrected chi connectivity index (χ0v) is 45.2. The Morgan fingerprint density at radius 2 is 1.69 bits per heavy atom. The quantitative estimate of drug-likeness (QED) is 0.0204. The number of aromatic hydroxyl groups is 3. The van der Waals surface area contributed by atoms with Crippen LogP contribution in [0.15, 0.2) is 64.9 Å². The standard InChI is InChI=1S/C57H68FN5O15/c1-25-13-12-14-26(2)56(73)60-43-36(22-59-61-33-17-19-62(23-33)45-38(58)21-35-44(54(45)75-11)63(34-15-16-34)24-37(31(7)64)49(35)69)50(70)40-41(51(43)71)48(68)30(6)53-42(40)55(72)57(9,78-53)76-20-18-39(74-10)27(3)52(77-32(8)65)29(5)47(67)28(4)46(25)66/h12-14,18,20-22,24-25,27-29,33-34,39,46-47,52,61,64,66-68,70-71H,7,15-17,19,23H2,1-6,8-11H3,(H,60,73)/b13-12+,20-18+,26-14-,59-22+/t25-,27+,28+,29+,33?,39-,46-,47+,52+,57-/m0/s1. The van der Waals surface area contributed by atoms with Crippen LogP contribution in [-0.4, -0.2) is 123 Å². The molecule has 3 aromatic carbocycles. The SMILES string of the molecule is C=C(O)c1cn(C2CC2)c2c(OC)c(N3CCC(N/N=C/c4c5c(O)c6c(O)c(C)c7c(c6c4O)C(=O)[C@@](C)(O/C=C/[C@H](OC)[C@@H](C)[C@@H](OC(C)=O)[C@H](C)[C@H](O)[C@H](C)[C@@H](O)[C@@H](C)/C=C/C=C(/C)C(=O)N5)O7)C3)c(F)cc2c1=O. The summed E-state index contributed by atoms with van der Waals surface area (Å²) in [6.07, 6.45) is 7.77. The van der Waals surface area contributed by atoms with E-state index in [1.165, 1.54) is 66.3 Å². The number of ether oxygens (including phenoxy) is 5. The predicted octanol–water partition coefficient (Wildman–Crippen LogP) is 7.28. The van der Waals surface area contributed by atoms with Crippen molar-refractivity contribution in [2.75, 3.05) is 37.5 Å². The fourth-order valence-electron chi connectivity index (χ4n) is 10.9.